The van der Waals surface area contributed by atoms with Gasteiger partial charge in [-0.3, -0.25) is 14.9 Å². The standard InChI is InChI=1S/C25H23BrN2O3/c1-24(2)16-25(3,18-7-5-4-6-8-18)21-14-11-19(26)15-22(21)27(24)23(29)17-9-12-20(13-10-17)28(30)31/h4-15H,16H2,1-3H3. The summed E-state index contributed by atoms with van der Waals surface area (Å²) >= 11 is 3.57. The largest absolute Gasteiger partial charge is 0.302 e. The molecule has 3 aromatic carbocycles. The Labute approximate surface area is 190 Å². The molecule has 6 heteroatoms. The average molecular weight is 479 g/mol. The maximum absolute atomic E-state index is 13.7. The molecule has 0 N–H and O–H groups in total. The van der Waals surface area contributed by atoms with E-state index in [2.05, 4.69) is 54.9 Å². The lowest BCUT2D eigenvalue weighted by molar-refractivity contribution is -0.384. The van der Waals surface area contributed by atoms with Crippen molar-refractivity contribution in [3.8, 4) is 0 Å². The van der Waals surface area contributed by atoms with Gasteiger partial charge in [0.05, 0.1) is 4.92 Å². The molecule has 0 radical (unpaired) electrons. The van der Waals surface area contributed by atoms with Gasteiger partial charge in [-0.25, -0.2) is 0 Å². The van der Waals surface area contributed by atoms with E-state index in [1.807, 2.05) is 35.2 Å². The molecular weight excluding hydrogens is 456 g/mol. The summed E-state index contributed by atoms with van der Waals surface area (Å²) in [5.41, 5.74) is 2.76. The van der Waals surface area contributed by atoms with Crippen LogP contribution in [0.15, 0.2) is 77.3 Å². The second-order valence-electron chi connectivity index (χ2n) is 8.79. The van der Waals surface area contributed by atoms with Crippen LogP contribution in [0.25, 0.3) is 0 Å². The van der Waals surface area contributed by atoms with Gasteiger partial charge in [0.2, 0.25) is 0 Å². The van der Waals surface area contributed by atoms with E-state index in [0.717, 1.165) is 22.1 Å². The van der Waals surface area contributed by atoms with E-state index in [4.69, 9.17) is 0 Å². The van der Waals surface area contributed by atoms with Crippen molar-refractivity contribution in [1.29, 1.82) is 0 Å². The van der Waals surface area contributed by atoms with Crippen LogP contribution in [-0.2, 0) is 5.41 Å². The van der Waals surface area contributed by atoms with Gasteiger partial charge in [0.1, 0.15) is 0 Å². The third kappa shape index (κ3) is 3.65. The van der Waals surface area contributed by atoms with E-state index >= 15 is 0 Å². The molecule has 1 aliphatic rings. The Morgan fingerprint density at radius 3 is 2.26 bits per heavy atom. The van der Waals surface area contributed by atoms with E-state index in [1.54, 1.807) is 0 Å². The molecule has 1 atom stereocenters. The van der Waals surface area contributed by atoms with Gasteiger partial charge in [-0.1, -0.05) is 59.3 Å². The van der Waals surface area contributed by atoms with Gasteiger partial charge in [0.15, 0.2) is 0 Å². The quantitative estimate of drug-likeness (QED) is 0.319. The monoisotopic (exact) mass is 478 g/mol. The molecule has 0 aromatic heterocycles. The van der Waals surface area contributed by atoms with E-state index in [9.17, 15) is 14.9 Å². The number of benzene rings is 3. The summed E-state index contributed by atoms with van der Waals surface area (Å²) in [4.78, 5) is 26.0. The van der Waals surface area contributed by atoms with Gasteiger partial charge >= 0.3 is 0 Å². The first kappa shape index (κ1) is 21.2. The Hall–Kier alpha value is -2.99. The number of nitro benzene ring substituents is 1. The molecule has 0 aliphatic carbocycles. The highest BCUT2D eigenvalue weighted by atomic mass is 79.9. The fourth-order valence-electron chi connectivity index (χ4n) is 4.82. The minimum atomic E-state index is -0.489. The van der Waals surface area contributed by atoms with Gasteiger partial charge in [-0.2, -0.15) is 0 Å². The Bertz CT molecular complexity index is 1160. The molecule has 31 heavy (non-hydrogen) atoms. The average Bonchev–Trinajstić information content (AvgIpc) is 2.73. The summed E-state index contributed by atoms with van der Waals surface area (Å²) in [5.74, 6) is -0.172. The topological polar surface area (TPSA) is 63.5 Å². The van der Waals surface area contributed by atoms with Crippen molar-refractivity contribution in [3.63, 3.8) is 0 Å². The summed E-state index contributed by atoms with van der Waals surface area (Å²) in [5, 5.41) is 11.0. The van der Waals surface area contributed by atoms with Crippen molar-refractivity contribution in [2.45, 2.75) is 38.1 Å². The van der Waals surface area contributed by atoms with Crippen LogP contribution in [0.4, 0.5) is 11.4 Å². The summed E-state index contributed by atoms with van der Waals surface area (Å²) in [6.07, 6.45) is 0.733. The molecule has 0 fully saturated rings. The predicted octanol–water partition coefficient (Wildman–Crippen LogP) is 6.49. The molecule has 4 rings (SSSR count). The van der Waals surface area contributed by atoms with Gasteiger partial charge < -0.3 is 4.90 Å². The van der Waals surface area contributed by atoms with Crippen LogP contribution in [0.2, 0.25) is 0 Å². The third-order valence-corrected chi connectivity index (χ3v) is 6.62. The van der Waals surface area contributed by atoms with Crippen molar-refractivity contribution in [2.24, 2.45) is 0 Å². The van der Waals surface area contributed by atoms with Crippen molar-refractivity contribution < 1.29 is 9.72 Å². The highest BCUT2D eigenvalue weighted by molar-refractivity contribution is 9.10. The number of hydrogen-bond acceptors (Lipinski definition) is 3. The number of anilines is 1. The summed E-state index contributed by atoms with van der Waals surface area (Å²) in [6, 6.07) is 22.2. The molecule has 1 aliphatic heterocycles. The zero-order valence-electron chi connectivity index (χ0n) is 17.6. The Morgan fingerprint density at radius 2 is 1.65 bits per heavy atom. The second kappa shape index (κ2) is 7.61. The molecule has 0 bridgehead atoms. The first-order chi connectivity index (χ1) is 14.6. The number of nitro groups is 1. The normalized spacial score (nSPS) is 19.5. The fraction of sp³-hybridized carbons (Fsp3) is 0.240. The lowest BCUT2D eigenvalue weighted by Crippen LogP contribution is -2.55. The number of nitrogens with zero attached hydrogens (tertiary/aromatic N) is 2. The van der Waals surface area contributed by atoms with Gasteiger partial charge in [-0.05, 0) is 55.7 Å². The van der Waals surface area contributed by atoms with Crippen LogP contribution >= 0.6 is 15.9 Å². The molecule has 0 saturated carbocycles. The molecular formula is C25H23BrN2O3. The number of fused-ring (bicyclic) bond motifs is 1. The van der Waals surface area contributed by atoms with E-state index in [-0.39, 0.29) is 17.0 Å². The van der Waals surface area contributed by atoms with Crippen molar-refractivity contribution in [3.05, 3.63) is 104 Å². The van der Waals surface area contributed by atoms with Crippen LogP contribution in [0.5, 0.6) is 0 Å². The van der Waals surface area contributed by atoms with E-state index in [0.29, 0.717) is 5.56 Å². The maximum atomic E-state index is 13.7. The molecule has 5 nitrogen and oxygen atoms in total. The number of rotatable bonds is 3. The fourth-order valence-corrected chi connectivity index (χ4v) is 5.17. The van der Waals surface area contributed by atoms with Crippen LogP contribution in [0, 0.1) is 10.1 Å². The minimum absolute atomic E-state index is 0.0331. The van der Waals surface area contributed by atoms with E-state index < -0.39 is 10.5 Å². The maximum Gasteiger partial charge on any atom is 0.269 e. The number of halogens is 1. The molecule has 1 heterocycles. The molecule has 0 saturated heterocycles. The van der Waals surface area contributed by atoms with Gasteiger partial charge in [-0.15, -0.1) is 0 Å². The highest BCUT2D eigenvalue weighted by Crippen LogP contribution is 2.51. The van der Waals surface area contributed by atoms with Crippen molar-refractivity contribution in [1.82, 2.24) is 0 Å². The minimum Gasteiger partial charge on any atom is -0.302 e. The van der Waals surface area contributed by atoms with Crippen molar-refractivity contribution >= 4 is 33.2 Å². The first-order valence-corrected chi connectivity index (χ1v) is 10.9. The number of carbonyl (C=O) groups excluding carboxylic acids is 1. The van der Waals surface area contributed by atoms with Crippen LogP contribution in [-0.4, -0.2) is 16.4 Å². The molecule has 158 valence electrons. The molecule has 1 amide bonds. The number of amides is 1. The summed E-state index contributed by atoms with van der Waals surface area (Å²) < 4.78 is 0.890. The Balaban J connectivity index is 1.87. The molecule has 0 spiro atoms. The van der Waals surface area contributed by atoms with E-state index in [1.165, 1.54) is 29.8 Å². The first-order valence-electron chi connectivity index (χ1n) is 10.1. The Kier molecular flexibility index (Phi) is 5.21. The third-order valence-electron chi connectivity index (χ3n) is 6.13. The zero-order chi connectivity index (χ0) is 22.4. The van der Waals surface area contributed by atoms with Crippen LogP contribution in [0.1, 0.15) is 48.7 Å². The summed E-state index contributed by atoms with van der Waals surface area (Å²) in [7, 11) is 0. The Morgan fingerprint density at radius 1 is 1.00 bits per heavy atom. The smallest absolute Gasteiger partial charge is 0.269 e. The summed E-state index contributed by atoms with van der Waals surface area (Å²) in [6.45, 7) is 6.37. The molecule has 1 unspecified atom stereocenters. The lowest BCUT2D eigenvalue weighted by atomic mass is 9.65. The number of non-ortho nitro benzene ring substituents is 1. The molecule has 3 aromatic rings. The zero-order valence-corrected chi connectivity index (χ0v) is 19.2. The predicted molar refractivity (Wildman–Crippen MR) is 126 cm³/mol. The van der Waals surface area contributed by atoms with Crippen molar-refractivity contribution in [2.75, 3.05) is 4.90 Å². The van der Waals surface area contributed by atoms with Gasteiger partial charge in [0.25, 0.3) is 11.6 Å². The van der Waals surface area contributed by atoms with Crippen LogP contribution in [0.3, 0.4) is 0 Å². The number of hydrogen-bond donors (Lipinski definition) is 0. The number of carbonyl (C=O) groups is 1. The lowest BCUT2D eigenvalue weighted by Gasteiger charge is -2.51. The van der Waals surface area contributed by atoms with Crippen LogP contribution < -0.4 is 4.90 Å². The van der Waals surface area contributed by atoms with Gasteiger partial charge in [0, 0.05) is 38.8 Å². The SMILES string of the molecule is CC1(c2ccccc2)CC(C)(C)N(C(=O)c2ccc([N+](=O)[O-])cc2)c2cc(Br)ccc21. The highest BCUT2D eigenvalue weighted by Gasteiger charge is 2.48. The second-order valence-corrected chi connectivity index (χ2v) is 9.71.